The van der Waals surface area contributed by atoms with E-state index in [1.165, 1.54) is 0 Å². The molecule has 0 heterocycles. The largest absolute Gasteiger partial charge is 0.522 e. The molecule has 17 heavy (non-hydrogen) atoms. The minimum atomic E-state index is -5.84. The first-order chi connectivity index (χ1) is 7.37. The van der Waals surface area contributed by atoms with Gasteiger partial charge in [0.05, 0.1) is 27.3 Å². The van der Waals surface area contributed by atoms with Gasteiger partial charge in [0.15, 0.2) is 0 Å². The van der Waals surface area contributed by atoms with Gasteiger partial charge in [-0.2, -0.15) is 21.6 Å². The molecule has 0 rings (SSSR count). The summed E-state index contributed by atoms with van der Waals surface area (Å²) in [5, 5.41) is 17.1. The summed E-state index contributed by atoms with van der Waals surface area (Å²) in [7, 11) is -1.88. The average Bonchev–Trinajstić information content (AvgIpc) is 2.00. The van der Waals surface area contributed by atoms with Gasteiger partial charge < -0.3 is 14.7 Å². The Morgan fingerprint density at radius 2 is 1.29 bits per heavy atom. The van der Waals surface area contributed by atoms with Crippen molar-refractivity contribution in [2.24, 2.45) is 0 Å². The molecule has 0 bridgehead atoms. The number of quaternary nitrogens is 1. The number of hydrogen-bond acceptors (Lipinski definition) is 4. The Labute approximate surface area is 97.6 Å². The number of rotatable bonds is 4. The lowest BCUT2D eigenvalue weighted by molar-refractivity contribution is -0.890. The van der Waals surface area contributed by atoms with Crippen LogP contribution in [0.25, 0.3) is 0 Å². The molecule has 0 radical (unpaired) electrons. The number of aliphatic hydroxyl groups excluding tert-OH is 2. The smallest absolute Gasteiger partial charge is 0.391 e. The number of hydrogen-bond donors (Lipinski definition) is 3. The number of halogens is 3. The molecule has 0 amide bonds. The van der Waals surface area contributed by atoms with E-state index in [1.54, 1.807) is 0 Å². The third-order valence-electron chi connectivity index (χ3n) is 1.70. The highest BCUT2D eigenvalue weighted by Crippen LogP contribution is 2.20. The monoisotopic (exact) mass is 284 g/mol. The maximum atomic E-state index is 10.7. The van der Waals surface area contributed by atoms with Crippen molar-refractivity contribution >= 4 is 10.1 Å². The van der Waals surface area contributed by atoms with Gasteiger partial charge >= 0.3 is 15.6 Å². The molecule has 0 aromatic rings. The Hall–Kier alpha value is -0.420. The topological polar surface area (TPSA) is 94.8 Å². The molecule has 0 aliphatic carbocycles. The first-order valence-electron chi connectivity index (χ1n) is 4.45. The lowest BCUT2D eigenvalue weighted by Crippen LogP contribution is -2.43. The quantitative estimate of drug-likeness (QED) is 0.365. The summed E-state index contributed by atoms with van der Waals surface area (Å²) in [5.74, 6) is 0. The van der Waals surface area contributed by atoms with E-state index in [0.717, 1.165) is 0 Å². The van der Waals surface area contributed by atoms with Crippen LogP contribution in [-0.4, -0.2) is 73.6 Å². The predicted molar refractivity (Wildman–Crippen MR) is 53.6 cm³/mol. The van der Waals surface area contributed by atoms with Crippen molar-refractivity contribution in [1.82, 2.24) is 0 Å². The Balaban J connectivity index is 0. The Kier molecular flexibility index (Phi) is 7.92. The molecule has 0 fully saturated rings. The van der Waals surface area contributed by atoms with Crippen LogP contribution in [0, 0.1) is 0 Å². The van der Waals surface area contributed by atoms with E-state index in [4.69, 9.17) is 23.2 Å². The summed E-state index contributed by atoms with van der Waals surface area (Å²) in [5.41, 5.74) is -5.53. The van der Waals surface area contributed by atoms with Gasteiger partial charge in [-0.05, 0) is 0 Å². The number of likely N-dealkylation sites (N-methyl/N-ethyl adjacent to an activating group) is 1. The van der Waals surface area contributed by atoms with E-state index in [0.29, 0.717) is 17.6 Å². The Bertz CT molecular complexity index is 293. The molecule has 0 spiro atoms. The van der Waals surface area contributed by atoms with E-state index in [1.807, 2.05) is 14.1 Å². The van der Waals surface area contributed by atoms with Gasteiger partial charge in [-0.25, -0.2) is 0 Å². The van der Waals surface area contributed by atoms with Crippen LogP contribution in [0.15, 0.2) is 0 Å². The fourth-order valence-electron chi connectivity index (χ4n) is 0.653. The molecule has 0 saturated heterocycles. The molecule has 0 unspecified atom stereocenters. The molecule has 0 atom stereocenters. The highest BCUT2D eigenvalue weighted by molar-refractivity contribution is 7.86. The van der Waals surface area contributed by atoms with Gasteiger partial charge in [-0.1, -0.05) is 0 Å². The SMILES string of the molecule is C[N+](C)(CCO)CCO.O=S(=O)(O)C(F)(F)F. The summed E-state index contributed by atoms with van der Waals surface area (Å²) >= 11 is 0. The fraction of sp³-hybridized carbons (Fsp3) is 1.00. The van der Waals surface area contributed by atoms with Gasteiger partial charge in [-0.3, -0.25) is 4.55 Å². The normalized spacial score (nSPS) is 12.9. The van der Waals surface area contributed by atoms with Gasteiger partial charge in [0.2, 0.25) is 0 Å². The zero-order valence-electron chi connectivity index (χ0n) is 9.48. The molecule has 0 aliphatic heterocycles. The standard InChI is InChI=1S/C6H16NO2.CHF3O3S/c1-7(2,3-5-8)4-6-9;2-1(3,4)8(5,6)7/h8-9H,3-6H2,1-2H3;(H,5,6,7)/q+1;. The van der Waals surface area contributed by atoms with E-state index in [-0.39, 0.29) is 13.2 Å². The first-order valence-corrected chi connectivity index (χ1v) is 5.89. The highest BCUT2D eigenvalue weighted by atomic mass is 32.2. The minimum absolute atomic E-state index is 0.188. The number of alkyl halides is 3. The zero-order chi connectivity index (χ0) is 14.3. The number of aliphatic hydroxyl groups is 2. The van der Waals surface area contributed by atoms with Crippen molar-refractivity contribution in [2.75, 3.05) is 40.4 Å². The van der Waals surface area contributed by atoms with Gasteiger partial charge in [-0.15, -0.1) is 0 Å². The van der Waals surface area contributed by atoms with Crippen molar-refractivity contribution in [3.63, 3.8) is 0 Å². The average molecular weight is 284 g/mol. The predicted octanol–water partition coefficient (Wildman–Crippen LogP) is -0.559. The molecule has 3 N–H and O–H groups in total. The Morgan fingerprint density at radius 1 is 1.06 bits per heavy atom. The van der Waals surface area contributed by atoms with Gasteiger partial charge in [0.1, 0.15) is 13.1 Å². The van der Waals surface area contributed by atoms with Crippen molar-refractivity contribution < 1.29 is 40.8 Å². The zero-order valence-corrected chi connectivity index (χ0v) is 10.3. The van der Waals surface area contributed by atoms with Crippen LogP contribution in [0.3, 0.4) is 0 Å². The van der Waals surface area contributed by atoms with Crippen LogP contribution in [-0.2, 0) is 10.1 Å². The molecule has 106 valence electrons. The third kappa shape index (κ3) is 10.5. The van der Waals surface area contributed by atoms with E-state index < -0.39 is 15.6 Å². The summed E-state index contributed by atoms with van der Waals surface area (Å²) < 4.78 is 58.2. The molecule has 0 aliphatic rings. The molecule has 6 nitrogen and oxygen atoms in total. The van der Waals surface area contributed by atoms with E-state index in [2.05, 4.69) is 0 Å². The van der Waals surface area contributed by atoms with Crippen LogP contribution in [0.2, 0.25) is 0 Å². The van der Waals surface area contributed by atoms with Gasteiger partial charge in [0, 0.05) is 0 Å². The highest BCUT2D eigenvalue weighted by Gasteiger charge is 2.44. The minimum Gasteiger partial charge on any atom is -0.391 e. The maximum absolute atomic E-state index is 10.7. The summed E-state index contributed by atoms with van der Waals surface area (Å²) in [6.07, 6.45) is 0. The van der Waals surface area contributed by atoms with Crippen molar-refractivity contribution in [2.45, 2.75) is 5.51 Å². The second kappa shape index (κ2) is 7.11. The van der Waals surface area contributed by atoms with Crippen LogP contribution in [0.1, 0.15) is 0 Å². The molecular formula is C7H17F3NO5S+. The lowest BCUT2D eigenvalue weighted by atomic mass is 10.4. The molecule has 0 aromatic heterocycles. The van der Waals surface area contributed by atoms with Crippen LogP contribution in [0.4, 0.5) is 13.2 Å². The van der Waals surface area contributed by atoms with Crippen LogP contribution < -0.4 is 0 Å². The third-order valence-corrected chi connectivity index (χ3v) is 2.29. The van der Waals surface area contributed by atoms with Crippen LogP contribution >= 0.6 is 0 Å². The van der Waals surface area contributed by atoms with E-state index in [9.17, 15) is 13.2 Å². The maximum Gasteiger partial charge on any atom is 0.522 e. The lowest BCUT2D eigenvalue weighted by Gasteiger charge is -2.27. The number of nitrogens with zero attached hydrogens (tertiary/aromatic N) is 1. The molecule has 10 heteroatoms. The van der Waals surface area contributed by atoms with Crippen LogP contribution in [0.5, 0.6) is 0 Å². The fourth-order valence-corrected chi connectivity index (χ4v) is 0.653. The first kappa shape index (κ1) is 18.9. The van der Waals surface area contributed by atoms with E-state index >= 15 is 0 Å². The van der Waals surface area contributed by atoms with Gasteiger partial charge in [0.25, 0.3) is 0 Å². The van der Waals surface area contributed by atoms with Crippen molar-refractivity contribution in [3.05, 3.63) is 0 Å². The molecule has 0 aromatic carbocycles. The molecule has 0 saturated carbocycles. The summed E-state index contributed by atoms with van der Waals surface area (Å²) in [6, 6.07) is 0. The second-order valence-electron chi connectivity index (χ2n) is 3.75. The summed E-state index contributed by atoms with van der Waals surface area (Å²) in [6.45, 7) is 1.79. The summed E-state index contributed by atoms with van der Waals surface area (Å²) in [4.78, 5) is 0. The Morgan fingerprint density at radius 3 is 1.41 bits per heavy atom. The second-order valence-corrected chi connectivity index (χ2v) is 5.16. The molecular weight excluding hydrogens is 267 g/mol. The van der Waals surface area contributed by atoms with Crippen molar-refractivity contribution in [3.8, 4) is 0 Å². The van der Waals surface area contributed by atoms with Crippen molar-refractivity contribution in [1.29, 1.82) is 0 Å².